The molecule has 0 saturated heterocycles. The van der Waals surface area contributed by atoms with E-state index in [1.165, 1.54) is 16.1 Å². The second kappa shape index (κ2) is 12.7. The van der Waals surface area contributed by atoms with E-state index in [4.69, 9.17) is 9.47 Å². The largest absolute Gasteiger partial charge is 0.497 e. The van der Waals surface area contributed by atoms with Gasteiger partial charge in [0.15, 0.2) is 0 Å². The van der Waals surface area contributed by atoms with Crippen LogP contribution >= 0.6 is 0 Å². The fourth-order valence-electron chi connectivity index (χ4n) is 5.22. The van der Waals surface area contributed by atoms with Crippen LogP contribution < -0.4 is 9.47 Å². The lowest BCUT2D eigenvalue weighted by molar-refractivity contribution is -0.119. The molecule has 0 aromatic heterocycles. The minimum atomic E-state index is -0.790. The predicted octanol–water partition coefficient (Wildman–Crippen LogP) is 4.23. The lowest BCUT2D eigenvalue weighted by atomic mass is 10.1. The molecule has 3 aromatic rings. The number of nitrogens with zero attached hydrogens (tertiary/aromatic N) is 3. The van der Waals surface area contributed by atoms with Crippen molar-refractivity contribution in [2.24, 2.45) is 5.10 Å². The van der Waals surface area contributed by atoms with Crippen molar-refractivity contribution in [2.45, 2.75) is 45.4 Å². The lowest BCUT2D eigenvalue weighted by Gasteiger charge is -2.32. The van der Waals surface area contributed by atoms with E-state index in [1.54, 1.807) is 14.2 Å². The molecule has 1 unspecified atom stereocenters. The van der Waals surface area contributed by atoms with E-state index >= 15 is 0 Å². The summed E-state index contributed by atoms with van der Waals surface area (Å²) >= 11 is 0. The molecule has 1 aliphatic carbocycles. The number of aryl methyl sites for hydroxylation is 1. The molecule has 0 aliphatic heterocycles. The van der Waals surface area contributed by atoms with Gasteiger partial charge in [0.05, 0.1) is 32.6 Å². The molecular weight excluding hydrogens is 478 g/mol. The number of aliphatic hydroxyl groups excluding tert-OH is 1. The van der Waals surface area contributed by atoms with E-state index < -0.39 is 6.10 Å². The van der Waals surface area contributed by atoms with Crippen molar-refractivity contribution in [2.75, 3.05) is 27.3 Å². The molecule has 200 valence electrons. The highest BCUT2D eigenvalue weighted by Crippen LogP contribution is 2.30. The number of rotatable bonds is 12. The molecule has 1 aliphatic rings. The van der Waals surface area contributed by atoms with Crippen LogP contribution in [-0.2, 0) is 24.2 Å². The molecular formula is C31H37N3O4. The number of amides is 1. The average Bonchev–Trinajstić information content (AvgIpc) is 3.37. The van der Waals surface area contributed by atoms with E-state index in [2.05, 4.69) is 34.3 Å². The quantitative estimate of drug-likeness (QED) is 0.222. The second-order valence-corrected chi connectivity index (χ2v) is 9.82. The molecule has 0 fully saturated rings. The van der Waals surface area contributed by atoms with Crippen LogP contribution in [0.5, 0.6) is 11.5 Å². The number of hydrogen-bond acceptors (Lipinski definition) is 6. The number of fused-ring (bicyclic) bond motifs is 1. The highest BCUT2D eigenvalue weighted by atomic mass is 16.5. The molecule has 1 atom stereocenters. The molecule has 0 radical (unpaired) electrons. The van der Waals surface area contributed by atoms with Crippen molar-refractivity contribution in [3.05, 3.63) is 94.5 Å². The van der Waals surface area contributed by atoms with E-state index in [9.17, 15) is 9.90 Å². The smallest absolute Gasteiger partial charge is 0.229 e. The second-order valence-electron chi connectivity index (χ2n) is 9.82. The monoisotopic (exact) mass is 515 g/mol. The Hall–Kier alpha value is -3.68. The third-order valence-corrected chi connectivity index (χ3v) is 7.19. The number of carbonyl (C=O) groups excluding carboxylic acids is 1. The summed E-state index contributed by atoms with van der Waals surface area (Å²) in [5, 5.41) is 17.0. The summed E-state index contributed by atoms with van der Waals surface area (Å²) in [6.07, 6.45) is 1.70. The number of hydrogen-bond donors (Lipinski definition) is 1. The van der Waals surface area contributed by atoms with Gasteiger partial charge in [-0.1, -0.05) is 54.6 Å². The first-order valence-corrected chi connectivity index (χ1v) is 12.9. The van der Waals surface area contributed by atoms with Gasteiger partial charge < -0.3 is 14.6 Å². The van der Waals surface area contributed by atoms with E-state index in [0.29, 0.717) is 19.5 Å². The normalized spacial score (nSPS) is 14.3. The van der Waals surface area contributed by atoms with Crippen molar-refractivity contribution in [3.8, 4) is 11.5 Å². The molecule has 7 heteroatoms. The highest BCUT2D eigenvalue weighted by Gasteiger charge is 2.29. The zero-order valence-electron chi connectivity index (χ0n) is 22.6. The van der Waals surface area contributed by atoms with Crippen molar-refractivity contribution in [3.63, 3.8) is 0 Å². The summed E-state index contributed by atoms with van der Waals surface area (Å²) in [7, 11) is 3.29. The Balaban J connectivity index is 1.52. The maximum atomic E-state index is 11.9. The Morgan fingerprint density at radius 3 is 2.34 bits per heavy atom. The van der Waals surface area contributed by atoms with Gasteiger partial charge >= 0.3 is 0 Å². The summed E-state index contributed by atoms with van der Waals surface area (Å²) in [5.74, 6) is 1.47. The van der Waals surface area contributed by atoms with Gasteiger partial charge in [-0.2, -0.15) is 5.10 Å². The van der Waals surface area contributed by atoms with E-state index in [0.717, 1.165) is 46.7 Å². The molecule has 0 bridgehead atoms. The number of methoxy groups -OCH3 is 2. The molecule has 1 amide bonds. The Bertz CT molecular complexity index is 1250. The van der Waals surface area contributed by atoms with Crippen molar-refractivity contribution >= 4 is 12.1 Å². The maximum absolute atomic E-state index is 11.9. The molecule has 38 heavy (non-hydrogen) atoms. The van der Waals surface area contributed by atoms with Gasteiger partial charge in [0.2, 0.25) is 6.41 Å². The first-order valence-electron chi connectivity index (χ1n) is 12.9. The summed E-state index contributed by atoms with van der Waals surface area (Å²) in [4.78, 5) is 14.2. The molecule has 0 spiro atoms. The topological polar surface area (TPSA) is 74.6 Å². The number of aliphatic hydroxyl groups is 1. The van der Waals surface area contributed by atoms with Gasteiger partial charge in [0, 0.05) is 36.3 Å². The van der Waals surface area contributed by atoms with Crippen LogP contribution in [0.15, 0.2) is 71.8 Å². The van der Waals surface area contributed by atoms with Crippen LogP contribution in [0.2, 0.25) is 0 Å². The lowest BCUT2D eigenvalue weighted by Crippen LogP contribution is -2.44. The van der Waals surface area contributed by atoms with Gasteiger partial charge in [0.1, 0.15) is 11.5 Å². The molecule has 0 heterocycles. The van der Waals surface area contributed by atoms with Gasteiger partial charge in [0.25, 0.3) is 0 Å². The van der Waals surface area contributed by atoms with Gasteiger partial charge in [-0.25, -0.2) is 5.01 Å². The van der Waals surface area contributed by atoms with Crippen LogP contribution in [0.25, 0.3) is 0 Å². The van der Waals surface area contributed by atoms with Crippen LogP contribution in [0, 0.1) is 6.92 Å². The zero-order chi connectivity index (χ0) is 27.1. The number of carbonyl (C=O) groups is 1. The van der Waals surface area contributed by atoms with E-state index in [-0.39, 0.29) is 12.6 Å². The zero-order valence-corrected chi connectivity index (χ0v) is 22.6. The average molecular weight is 516 g/mol. The third-order valence-electron chi connectivity index (χ3n) is 7.19. The van der Waals surface area contributed by atoms with E-state index in [1.807, 2.05) is 56.3 Å². The predicted molar refractivity (Wildman–Crippen MR) is 150 cm³/mol. The number of benzene rings is 3. The van der Waals surface area contributed by atoms with Gasteiger partial charge in [-0.05, 0) is 49.4 Å². The van der Waals surface area contributed by atoms with Gasteiger partial charge in [-0.15, -0.1) is 0 Å². The first kappa shape index (κ1) is 27.4. The summed E-state index contributed by atoms with van der Waals surface area (Å²) < 4.78 is 11.0. The molecule has 7 nitrogen and oxygen atoms in total. The van der Waals surface area contributed by atoms with Crippen molar-refractivity contribution in [1.82, 2.24) is 9.91 Å². The van der Waals surface area contributed by atoms with Crippen molar-refractivity contribution < 1.29 is 19.4 Å². The number of hydrazone groups is 1. The highest BCUT2D eigenvalue weighted by molar-refractivity contribution is 6.00. The number of ether oxygens (including phenoxy) is 2. The SMILES string of the molecule is COc1ccc(CN(CC(O)CN(C=O)/N=C(/C)c2ccccc2C)C2Cc3ccccc3C2)c(OC)c1. The third kappa shape index (κ3) is 6.60. The fraction of sp³-hybridized carbons (Fsp3) is 0.355. The van der Waals surface area contributed by atoms with Crippen LogP contribution in [0.4, 0.5) is 0 Å². The summed E-state index contributed by atoms with van der Waals surface area (Å²) in [6, 6.07) is 22.4. The minimum absolute atomic E-state index is 0.0998. The van der Waals surface area contributed by atoms with Crippen LogP contribution in [0.1, 0.15) is 34.7 Å². The Morgan fingerprint density at radius 1 is 1.03 bits per heavy atom. The minimum Gasteiger partial charge on any atom is -0.497 e. The molecule has 1 N–H and O–H groups in total. The van der Waals surface area contributed by atoms with Crippen LogP contribution in [0.3, 0.4) is 0 Å². The first-order chi connectivity index (χ1) is 18.4. The summed E-state index contributed by atoms with van der Waals surface area (Å²) in [6.45, 7) is 4.97. The Kier molecular flexibility index (Phi) is 9.15. The Morgan fingerprint density at radius 2 is 1.71 bits per heavy atom. The Labute approximate surface area is 225 Å². The molecule has 0 saturated carbocycles. The standard InChI is InChI=1S/C31H37N3O4/c1-22-9-5-8-12-30(22)23(2)32-34(21-35)20-28(36)19-33(27-15-24-10-6-7-11-25(24)16-27)18-26-13-14-29(37-3)17-31(26)38-4/h5-14,17,21,27-28,36H,15-16,18-20H2,1-4H3/b32-23-. The fourth-order valence-corrected chi connectivity index (χ4v) is 5.22. The summed E-state index contributed by atoms with van der Waals surface area (Å²) in [5.41, 5.74) is 6.48. The van der Waals surface area contributed by atoms with Crippen LogP contribution in [-0.4, -0.2) is 66.6 Å². The molecule has 3 aromatic carbocycles. The molecule has 4 rings (SSSR count). The van der Waals surface area contributed by atoms with Gasteiger partial charge in [-0.3, -0.25) is 9.69 Å². The van der Waals surface area contributed by atoms with Crippen molar-refractivity contribution in [1.29, 1.82) is 0 Å². The maximum Gasteiger partial charge on any atom is 0.229 e.